The van der Waals surface area contributed by atoms with Gasteiger partial charge in [-0.3, -0.25) is 4.72 Å². The molecule has 0 aliphatic rings. The first kappa shape index (κ1) is 18.4. The van der Waals surface area contributed by atoms with Gasteiger partial charge in [0.1, 0.15) is 5.75 Å². The highest BCUT2D eigenvalue weighted by atomic mass is 79.9. The number of rotatable bonds is 5. The monoisotopic (exact) mass is 433 g/mol. The van der Waals surface area contributed by atoms with Crippen LogP contribution in [0.4, 0.5) is 5.69 Å². The Morgan fingerprint density at radius 1 is 0.885 bits per heavy atom. The van der Waals surface area contributed by atoms with Crippen LogP contribution in [0.1, 0.15) is 5.56 Å². The van der Waals surface area contributed by atoms with Crippen molar-refractivity contribution in [3.05, 3.63) is 76.8 Å². The van der Waals surface area contributed by atoms with Gasteiger partial charge in [-0.05, 0) is 53.1 Å². The Morgan fingerprint density at radius 3 is 2.04 bits per heavy atom. The molecule has 0 aliphatic carbocycles. The summed E-state index contributed by atoms with van der Waals surface area (Å²) in [5.41, 5.74) is 2.37. The molecule has 0 bridgehead atoms. The Morgan fingerprint density at radius 2 is 1.46 bits per heavy atom. The Hall–Kier alpha value is -2.35. The summed E-state index contributed by atoms with van der Waals surface area (Å²) in [7, 11) is -3.87. The lowest BCUT2D eigenvalue weighted by molar-refractivity contribution is 0.282. The molecular weight excluding hydrogens is 418 g/mol. The highest BCUT2D eigenvalue weighted by Crippen LogP contribution is 2.28. The first-order chi connectivity index (χ1) is 12.4. The fourth-order valence-electron chi connectivity index (χ4n) is 2.44. The summed E-state index contributed by atoms with van der Waals surface area (Å²) < 4.78 is 28.4. The van der Waals surface area contributed by atoms with Crippen molar-refractivity contribution in [1.82, 2.24) is 0 Å². The van der Waals surface area contributed by atoms with E-state index in [1.54, 1.807) is 12.1 Å². The van der Waals surface area contributed by atoms with E-state index in [4.69, 9.17) is 5.11 Å². The first-order valence-electron chi connectivity index (χ1n) is 7.70. The Labute approximate surface area is 160 Å². The molecule has 26 heavy (non-hydrogen) atoms. The zero-order chi connectivity index (χ0) is 18.7. The maximum absolute atomic E-state index is 12.6. The summed E-state index contributed by atoms with van der Waals surface area (Å²) >= 11 is 3.38. The highest BCUT2D eigenvalue weighted by molar-refractivity contribution is 9.10. The number of aromatic hydroxyl groups is 1. The number of phenols is 1. The van der Waals surface area contributed by atoms with Gasteiger partial charge in [0.2, 0.25) is 0 Å². The molecule has 7 heteroatoms. The standard InChI is InChI=1S/C19H16BrNO4S/c20-16-6-2-14(3-7-16)15-4-8-17(9-5-15)26(24,25)21-18-11-13(12-22)1-10-19(18)23/h1-11,21-23H,12H2. The average molecular weight is 434 g/mol. The molecule has 134 valence electrons. The van der Waals surface area contributed by atoms with E-state index in [0.717, 1.165) is 15.6 Å². The topological polar surface area (TPSA) is 86.6 Å². The van der Waals surface area contributed by atoms with Crippen LogP contribution in [0.3, 0.4) is 0 Å². The number of halogens is 1. The van der Waals surface area contributed by atoms with E-state index in [9.17, 15) is 13.5 Å². The van der Waals surface area contributed by atoms with E-state index in [2.05, 4.69) is 20.7 Å². The van der Waals surface area contributed by atoms with Crippen LogP contribution in [0.15, 0.2) is 76.1 Å². The van der Waals surface area contributed by atoms with Crippen molar-refractivity contribution in [3.63, 3.8) is 0 Å². The minimum Gasteiger partial charge on any atom is -0.506 e. The smallest absolute Gasteiger partial charge is 0.262 e. The van der Waals surface area contributed by atoms with E-state index < -0.39 is 10.0 Å². The van der Waals surface area contributed by atoms with Crippen LogP contribution in [0.5, 0.6) is 5.75 Å². The van der Waals surface area contributed by atoms with Gasteiger partial charge in [0.15, 0.2) is 0 Å². The SMILES string of the molecule is O=S(=O)(Nc1cc(CO)ccc1O)c1ccc(-c2ccc(Br)cc2)cc1. The summed E-state index contributed by atoms with van der Waals surface area (Å²) in [6.45, 7) is -0.253. The predicted octanol–water partition coefficient (Wildman–Crippen LogP) is 4.11. The number of nitrogens with one attached hydrogen (secondary N) is 1. The Balaban J connectivity index is 1.87. The van der Waals surface area contributed by atoms with Gasteiger partial charge in [0.05, 0.1) is 17.2 Å². The fraction of sp³-hybridized carbons (Fsp3) is 0.0526. The number of benzene rings is 3. The molecule has 0 fully saturated rings. The molecule has 3 rings (SSSR count). The number of phenolic OH excluding ortho intramolecular Hbond substituents is 1. The van der Waals surface area contributed by atoms with Crippen LogP contribution in [0.2, 0.25) is 0 Å². The van der Waals surface area contributed by atoms with Gasteiger partial charge in [-0.1, -0.05) is 46.3 Å². The zero-order valence-electron chi connectivity index (χ0n) is 13.6. The number of hydrogen-bond donors (Lipinski definition) is 3. The van der Waals surface area contributed by atoms with Crippen LogP contribution < -0.4 is 4.72 Å². The van der Waals surface area contributed by atoms with E-state index in [0.29, 0.717) is 5.56 Å². The maximum atomic E-state index is 12.6. The largest absolute Gasteiger partial charge is 0.506 e. The average Bonchev–Trinajstić information content (AvgIpc) is 2.64. The summed E-state index contributed by atoms with van der Waals surface area (Å²) in [6, 6.07) is 18.4. The van der Waals surface area contributed by atoms with Crippen molar-refractivity contribution in [2.24, 2.45) is 0 Å². The molecule has 0 atom stereocenters. The molecule has 0 radical (unpaired) electrons. The van der Waals surface area contributed by atoms with Gasteiger partial charge in [0.25, 0.3) is 10.0 Å². The third-order valence-corrected chi connectivity index (χ3v) is 5.74. The van der Waals surface area contributed by atoms with Gasteiger partial charge in [-0.25, -0.2) is 8.42 Å². The Bertz CT molecular complexity index is 1020. The molecule has 0 aromatic heterocycles. The molecule has 0 saturated heterocycles. The third-order valence-electron chi connectivity index (χ3n) is 3.83. The normalized spacial score (nSPS) is 11.3. The van der Waals surface area contributed by atoms with Crippen LogP contribution in [-0.4, -0.2) is 18.6 Å². The van der Waals surface area contributed by atoms with Crippen LogP contribution in [-0.2, 0) is 16.6 Å². The van der Waals surface area contributed by atoms with Crippen molar-refractivity contribution in [1.29, 1.82) is 0 Å². The molecule has 3 N–H and O–H groups in total. The third kappa shape index (κ3) is 4.07. The second-order valence-corrected chi connectivity index (χ2v) is 8.24. The Kier molecular flexibility index (Phi) is 5.31. The molecule has 0 spiro atoms. The molecule has 0 aliphatic heterocycles. The molecule has 0 unspecified atom stereocenters. The lowest BCUT2D eigenvalue weighted by Crippen LogP contribution is -2.13. The lowest BCUT2D eigenvalue weighted by Gasteiger charge is -2.11. The molecule has 5 nitrogen and oxygen atoms in total. The maximum Gasteiger partial charge on any atom is 0.262 e. The van der Waals surface area contributed by atoms with Crippen molar-refractivity contribution < 1.29 is 18.6 Å². The summed E-state index contributed by atoms with van der Waals surface area (Å²) in [6.07, 6.45) is 0. The number of aliphatic hydroxyl groups excluding tert-OH is 1. The summed E-state index contributed by atoms with van der Waals surface area (Å²) in [5, 5.41) is 19.0. The van der Waals surface area contributed by atoms with Crippen molar-refractivity contribution in [2.75, 3.05) is 4.72 Å². The predicted molar refractivity (Wildman–Crippen MR) is 104 cm³/mol. The first-order valence-corrected chi connectivity index (χ1v) is 9.98. The highest BCUT2D eigenvalue weighted by Gasteiger charge is 2.16. The number of hydrogen-bond acceptors (Lipinski definition) is 4. The molecule has 0 saturated carbocycles. The molecule has 3 aromatic rings. The second kappa shape index (κ2) is 7.49. The van der Waals surface area contributed by atoms with E-state index in [-0.39, 0.29) is 22.9 Å². The summed E-state index contributed by atoms with van der Waals surface area (Å²) in [4.78, 5) is 0.0761. The molecule has 0 heterocycles. The quantitative estimate of drug-likeness (QED) is 0.528. The van der Waals surface area contributed by atoms with Crippen LogP contribution >= 0.6 is 15.9 Å². The van der Waals surface area contributed by atoms with Crippen molar-refractivity contribution >= 4 is 31.6 Å². The molecule has 3 aromatic carbocycles. The van der Waals surface area contributed by atoms with Gasteiger partial charge >= 0.3 is 0 Å². The molecular formula is C19H16BrNO4S. The minimum atomic E-state index is -3.87. The van der Waals surface area contributed by atoms with E-state index >= 15 is 0 Å². The van der Waals surface area contributed by atoms with Gasteiger partial charge in [0, 0.05) is 4.47 Å². The minimum absolute atomic E-state index is 0.0218. The van der Waals surface area contributed by atoms with Crippen molar-refractivity contribution in [2.45, 2.75) is 11.5 Å². The van der Waals surface area contributed by atoms with E-state index in [1.165, 1.54) is 30.3 Å². The van der Waals surface area contributed by atoms with Crippen molar-refractivity contribution in [3.8, 4) is 16.9 Å². The lowest BCUT2D eigenvalue weighted by atomic mass is 10.1. The number of sulfonamides is 1. The molecule has 0 amide bonds. The van der Waals surface area contributed by atoms with Gasteiger partial charge in [-0.2, -0.15) is 0 Å². The zero-order valence-corrected chi connectivity index (χ0v) is 16.0. The summed E-state index contributed by atoms with van der Waals surface area (Å²) in [5.74, 6) is -0.211. The van der Waals surface area contributed by atoms with E-state index in [1.807, 2.05) is 24.3 Å². The fourth-order valence-corrected chi connectivity index (χ4v) is 3.77. The van der Waals surface area contributed by atoms with Gasteiger partial charge < -0.3 is 10.2 Å². The number of aliphatic hydroxyl groups is 1. The van der Waals surface area contributed by atoms with Crippen LogP contribution in [0, 0.1) is 0 Å². The number of anilines is 1. The second-order valence-electron chi connectivity index (χ2n) is 5.65. The van der Waals surface area contributed by atoms with Gasteiger partial charge in [-0.15, -0.1) is 0 Å². The van der Waals surface area contributed by atoms with Crippen LogP contribution in [0.25, 0.3) is 11.1 Å².